The maximum absolute atomic E-state index is 11.9. The Bertz CT molecular complexity index is 530. The smallest absolute Gasteiger partial charge is 0.406 e. The van der Waals surface area contributed by atoms with Crippen LogP contribution in [0.1, 0.15) is 0 Å². The van der Waals surface area contributed by atoms with Gasteiger partial charge in [0.2, 0.25) is 0 Å². The first-order valence-electron chi connectivity index (χ1n) is 4.76. The normalized spacial score (nSPS) is 14.0. The van der Waals surface area contributed by atoms with Gasteiger partial charge in [-0.25, -0.2) is 8.99 Å². The molecule has 1 unspecified atom stereocenters. The van der Waals surface area contributed by atoms with Gasteiger partial charge in [0.25, 0.3) is 0 Å². The van der Waals surface area contributed by atoms with E-state index < -0.39 is 21.8 Å². The standard InChI is InChI=1S/C10H11F3N2O2S.2ClH/c11-10(12,13)17-8-2-4-9(5-3-8)18(15,16)7-1-6-14;;/h1-5,7,15H,6,14H2;2*1H/b7-1+;;. The van der Waals surface area contributed by atoms with Crippen LogP contribution in [0.2, 0.25) is 0 Å². The second-order valence-electron chi connectivity index (χ2n) is 3.23. The first kappa shape index (κ1) is 21.3. The van der Waals surface area contributed by atoms with Crippen LogP contribution in [0.15, 0.2) is 40.6 Å². The van der Waals surface area contributed by atoms with E-state index >= 15 is 0 Å². The molecule has 1 atom stereocenters. The van der Waals surface area contributed by atoms with Crippen LogP contribution in [0, 0.1) is 4.78 Å². The average molecular weight is 353 g/mol. The third-order valence-electron chi connectivity index (χ3n) is 1.83. The van der Waals surface area contributed by atoms with Crippen LogP contribution in [0.25, 0.3) is 0 Å². The monoisotopic (exact) mass is 352 g/mol. The molecule has 0 heterocycles. The SMILES string of the molecule is Cl.Cl.N=S(=O)(/C=C/CN)c1ccc(OC(F)(F)F)cc1. The highest BCUT2D eigenvalue weighted by atomic mass is 35.5. The van der Waals surface area contributed by atoms with Crippen molar-refractivity contribution in [3.05, 3.63) is 35.7 Å². The summed E-state index contributed by atoms with van der Waals surface area (Å²) < 4.78 is 58.7. The van der Waals surface area contributed by atoms with Gasteiger partial charge in [-0.15, -0.1) is 38.0 Å². The summed E-state index contributed by atoms with van der Waals surface area (Å²) in [4.78, 5) is 0.0849. The van der Waals surface area contributed by atoms with Gasteiger partial charge in [-0.05, 0) is 24.3 Å². The maximum atomic E-state index is 11.9. The zero-order valence-electron chi connectivity index (χ0n) is 9.92. The molecule has 1 rings (SSSR count). The number of hydrogen-bond donors (Lipinski definition) is 2. The van der Waals surface area contributed by atoms with E-state index in [1.807, 2.05) is 0 Å². The summed E-state index contributed by atoms with van der Waals surface area (Å²) >= 11 is 0. The van der Waals surface area contributed by atoms with Crippen molar-refractivity contribution in [2.24, 2.45) is 5.73 Å². The fourth-order valence-corrected chi connectivity index (χ4v) is 2.19. The molecule has 20 heavy (non-hydrogen) atoms. The summed E-state index contributed by atoms with van der Waals surface area (Å²) in [5, 5.41) is 1.12. The molecule has 0 fully saturated rings. The number of hydrogen-bond acceptors (Lipinski definition) is 4. The first-order valence-corrected chi connectivity index (χ1v) is 6.38. The summed E-state index contributed by atoms with van der Waals surface area (Å²) in [6.45, 7) is 0.130. The van der Waals surface area contributed by atoms with Crippen LogP contribution in [0.4, 0.5) is 13.2 Å². The van der Waals surface area contributed by atoms with Gasteiger partial charge < -0.3 is 10.5 Å². The lowest BCUT2D eigenvalue weighted by molar-refractivity contribution is -0.274. The van der Waals surface area contributed by atoms with Gasteiger partial charge in [0.15, 0.2) is 0 Å². The van der Waals surface area contributed by atoms with Crippen molar-refractivity contribution in [2.45, 2.75) is 11.3 Å². The molecular weight excluding hydrogens is 340 g/mol. The van der Waals surface area contributed by atoms with Crippen molar-refractivity contribution in [1.29, 1.82) is 4.78 Å². The van der Waals surface area contributed by atoms with Gasteiger partial charge in [0.1, 0.15) is 5.75 Å². The van der Waals surface area contributed by atoms with E-state index in [0.717, 1.165) is 29.7 Å². The van der Waals surface area contributed by atoms with Crippen molar-refractivity contribution in [3.63, 3.8) is 0 Å². The lowest BCUT2D eigenvalue weighted by Crippen LogP contribution is -2.17. The first-order chi connectivity index (χ1) is 8.24. The molecule has 0 radical (unpaired) electrons. The Labute approximate surface area is 127 Å². The molecule has 0 saturated carbocycles. The molecule has 0 spiro atoms. The number of ether oxygens (including phenoxy) is 1. The van der Waals surface area contributed by atoms with Crippen molar-refractivity contribution >= 4 is 34.5 Å². The molecular formula is C10H13Cl2F3N2O2S. The zero-order valence-corrected chi connectivity index (χ0v) is 12.4. The fourth-order valence-electron chi connectivity index (χ4n) is 1.11. The van der Waals surface area contributed by atoms with Crippen LogP contribution < -0.4 is 10.5 Å². The van der Waals surface area contributed by atoms with Crippen molar-refractivity contribution in [3.8, 4) is 5.75 Å². The van der Waals surface area contributed by atoms with E-state index in [-0.39, 0.29) is 36.3 Å². The predicted molar refractivity (Wildman–Crippen MR) is 74.9 cm³/mol. The second kappa shape index (κ2) is 8.35. The Kier molecular flexibility index (Phi) is 8.91. The van der Waals surface area contributed by atoms with Gasteiger partial charge >= 0.3 is 6.36 Å². The quantitative estimate of drug-likeness (QED) is 0.872. The van der Waals surface area contributed by atoms with Crippen LogP contribution in [-0.2, 0) is 9.73 Å². The highest BCUT2D eigenvalue weighted by Crippen LogP contribution is 2.24. The highest BCUT2D eigenvalue weighted by molar-refractivity contribution is 7.95. The second-order valence-corrected chi connectivity index (χ2v) is 5.17. The Morgan fingerprint density at radius 2 is 1.75 bits per heavy atom. The molecule has 1 aromatic rings. The molecule has 116 valence electrons. The largest absolute Gasteiger partial charge is 0.573 e. The lowest BCUT2D eigenvalue weighted by atomic mass is 10.3. The predicted octanol–water partition coefficient (Wildman–Crippen LogP) is 3.31. The highest BCUT2D eigenvalue weighted by Gasteiger charge is 2.31. The van der Waals surface area contributed by atoms with E-state index in [1.54, 1.807) is 0 Å². The molecule has 1 aromatic carbocycles. The van der Waals surface area contributed by atoms with Crippen molar-refractivity contribution in [1.82, 2.24) is 0 Å². The summed E-state index contributed by atoms with van der Waals surface area (Å²) in [5.74, 6) is -0.427. The number of alkyl halides is 3. The number of nitrogens with one attached hydrogen (secondary N) is 1. The minimum Gasteiger partial charge on any atom is -0.406 e. The molecule has 0 aliphatic carbocycles. The fraction of sp³-hybridized carbons (Fsp3) is 0.200. The van der Waals surface area contributed by atoms with Crippen molar-refractivity contribution in [2.75, 3.05) is 6.54 Å². The lowest BCUT2D eigenvalue weighted by Gasteiger charge is -2.09. The van der Waals surface area contributed by atoms with Crippen LogP contribution >= 0.6 is 24.8 Å². The maximum Gasteiger partial charge on any atom is 0.573 e. The van der Waals surface area contributed by atoms with E-state index in [4.69, 9.17) is 10.5 Å². The van der Waals surface area contributed by atoms with Gasteiger partial charge in [-0.3, -0.25) is 0 Å². The number of halogens is 5. The van der Waals surface area contributed by atoms with E-state index in [0.29, 0.717) is 0 Å². The molecule has 0 aromatic heterocycles. The topological polar surface area (TPSA) is 76.2 Å². The number of nitrogens with two attached hydrogens (primary N) is 1. The molecule has 0 amide bonds. The Morgan fingerprint density at radius 1 is 1.25 bits per heavy atom. The third kappa shape index (κ3) is 6.99. The average Bonchev–Trinajstić information content (AvgIpc) is 2.25. The third-order valence-corrected chi connectivity index (χ3v) is 3.38. The minimum absolute atomic E-state index is 0. The van der Waals surface area contributed by atoms with Crippen LogP contribution in [-0.4, -0.2) is 17.1 Å². The van der Waals surface area contributed by atoms with Gasteiger partial charge in [0, 0.05) is 12.0 Å². The van der Waals surface area contributed by atoms with Gasteiger partial charge in [-0.1, -0.05) is 6.08 Å². The Morgan fingerprint density at radius 3 is 2.15 bits per heavy atom. The zero-order chi connectivity index (χ0) is 13.8. The van der Waals surface area contributed by atoms with Gasteiger partial charge in [-0.2, -0.15) is 0 Å². The van der Waals surface area contributed by atoms with Gasteiger partial charge in [0.05, 0.1) is 14.6 Å². The Balaban J connectivity index is 0. The molecule has 0 saturated heterocycles. The molecule has 4 nitrogen and oxygen atoms in total. The van der Waals surface area contributed by atoms with Crippen molar-refractivity contribution < 1.29 is 22.1 Å². The number of rotatable bonds is 4. The van der Waals surface area contributed by atoms with E-state index in [1.165, 1.54) is 6.08 Å². The number of benzene rings is 1. The molecule has 0 aliphatic heterocycles. The molecule has 0 bridgehead atoms. The summed E-state index contributed by atoms with van der Waals surface area (Å²) in [5.41, 5.74) is 5.17. The summed E-state index contributed by atoms with van der Waals surface area (Å²) in [6, 6.07) is 4.31. The Hall–Kier alpha value is -0.960. The molecule has 0 aliphatic rings. The van der Waals surface area contributed by atoms with Crippen LogP contribution in [0.3, 0.4) is 0 Å². The molecule has 3 N–H and O–H groups in total. The van der Waals surface area contributed by atoms with E-state index in [9.17, 15) is 17.4 Å². The summed E-state index contributed by atoms with van der Waals surface area (Å²) in [6.07, 6.45) is -3.42. The molecule has 10 heteroatoms. The minimum atomic E-state index is -4.77. The van der Waals surface area contributed by atoms with E-state index in [2.05, 4.69) is 4.74 Å². The van der Waals surface area contributed by atoms with Crippen LogP contribution in [0.5, 0.6) is 5.75 Å². The summed E-state index contributed by atoms with van der Waals surface area (Å²) in [7, 11) is -3.18.